The van der Waals surface area contributed by atoms with Gasteiger partial charge in [0.2, 0.25) is 59.1 Å². The molecule has 0 bridgehead atoms. The standard InChI is InChI=1S/C97H126N16O16S/c1-57(2)46-75(86(117)104-74(93(124)113-45-42-81(113)92(123)103-59(5)48-82(114)115)37-27-44-100-94(98)111-130(125,126)84-61(7)60(6)83-71(62(84)8)52-96(12,13)129-83)105-87(118)76(47-58(3)4)106-88(119)77(49-63-38-40-69(127-14)41-39-63)107-91(122)80(55-128-95(9,10)11)110-89(120)78(50-64-53-101-72-35-25-24-34-70(64)72)108-90(121)79(109-85(116)73-36-26-43-99-73)51-68-54-112(56-102-68)97(65-28-18-15-19-29-65,66-30-20-16-21-31-66)67-32-22-17-23-33-67/h15-25,28-35,38-41,53-54,56-59,73-81,99,101H,26-27,36-37,42-52,55H2,1-14H3,(H,103,123)(H,104,117)(H,105,118)(H,106,119)(H,107,122)(H,108,121)(H,109,116)(H,110,120)(H,114,115)(H3,98,100,111)/t59?,73-,74-,75-,76+,77-,78-,79-,80-,81-/m0/s1. The van der Waals surface area contributed by atoms with Gasteiger partial charge in [0, 0.05) is 73.7 Å². The van der Waals surface area contributed by atoms with E-state index in [4.69, 9.17) is 24.6 Å². The summed E-state index contributed by atoms with van der Waals surface area (Å²) in [5, 5.41) is 48.0. The fraction of sp³-hybridized carbons (Fsp3) is 0.464. The van der Waals surface area contributed by atoms with Gasteiger partial charge in [-0.05, 0) is 188 Å². The molecule has 0 aliphatic carbocycles. The molecule has 11 rings (SSSR count). The zero-order chi connectivity index (χ0) is 94.1. The van der Waals surface area contributed by atoms with Gasteiger partial charge < -0.3 is 86.9 Å². The lowest BCUT2D eigenvalue weighted by Crippen LogP contribution is -2.64. The maximum absolute atomic E-state index is 15.7. The molecule has 1 unspecified atom stereocenters. The normalized spacial score (nSPS) is 16.6. The highest BCUT2D eigenvalue weighted by molar-refractivity contribution is 7.90. The Balaban J connectivity index is 0.848. The molecule has 3 aliphatic heterocycles. The predicted molar refractivity (Wildman–Crippen MR) is 493 cm³/mol. The number of carbonyl (C=O) groups excluding carboxylic acids is 9. The number of aromatic nitrogens is 3. The first-order chi connectivity index (χ1) is 61.7. The zero-order valence-corrected chi connectivity index (χ0v) is 77.4. The maximum atomic E-state index is 15.7. The molecular weight excluding hydrogens is 1680 g/mol. The molecule has 2 aromatic heterocycles. The second kappa shape index (κ2) is 43.3. The number of hydrogen-bond donors (Lipinski definition) is 14. The quantitative estimate of drug-likeness (QED) is 0.00750. The number of benzene rings is 6. The highest BCUT2D eigenvalue weighted by Gasteiger charge is 2.45. The summed E-state index contributed by atoms with van der Waals surface area (Å²) in [7, 11) is -2.86. The van der Waals surface area contributed by atoms with Crippen LogP contribution in [0.5, 0.6) is 11.5 Å². The van der Waals surface area contributed by atoms with Crippen LogP contribution in [-0.4, -0.2) is 203 Å². The second-order valence-electron chi connectivity index (χ2n) is 36.6. The van der Waals surface area contributed by atoms with E-state index in [1.807, 2.05) is 168 Å². The van der Waals surface area contributed by atoms with Crippen LogP contribution in [0.15, 0.2) is 163 Å². The third kappa shape index (κ3) is 24.9. The molecule has 33 heteroatoms. The van der Waals surface area contributed by atoms with E-state index < -0.39 is 165 Å². The van der Waals surface area contributed by atoms with Crippen LogP contribution in [0.3, 0.4) is 0 Å². The van der Waals surface area contributed by atoms with E-state index in [0.717, 1.165) is 39.6 Å². The number of amides is 9. The summed E-state index contributed by atoms with van der Waals surface area (Å²) in [5.74, 6) is -7.91. The Bertz CT molecular complexity index is 5380. The van der Waals surface area contributed by atoms with E-state index in [1.165, 1.54) is 18.9 Å². The number of imidazole rings is 1. The van der Waals surface area contributed by atoms with Crippen LogP contribution in [0.2, 0.25) is 0 Å². The predicted octanol–water partition coefficient (Wildman–Crippen LogP) is 7.80. The van der Waals surface area contributed by atoms with Crippen LogP contribution in [-0.2, 0) is 93.9 Å². The minimum atomic E-state index is -4.35. The molecule has 0 radical (unpaired) electrons. The second-order valence-corrected chi connectivity index (χ2v) is 38.2. The number of rotatable bonds is 42. The van der Waals surface area contributed by atoms with Gasteiger partial charge in [0.1, 0.15) is 71.0 Å². The number of hydrogen-bond acceptors (Lipinski definition) is 18. The number of sulfonamides is 1. The third-order valence-electron chi connectivity index (χ3n) is 23.8. The molecule has 8 aromatic rings. The fourth-order valence-electron chi connectivity index (χ4n) is 17.2. The van der Waals surface area contributed by atoms with Crippen molar-refractivity contribution in [2.45, 2.75) is 249 Å². The van der Waals surface area contributed by atoms with Crippen LogP contribution in [0, 0.1) is 38.0 Å². The van der Waals surface area contributed by atoms with E-state index in [-0.39, 0.29) is 81.2 Å². The van der Waals surface area contributed by atoms with E-state index >= 15 is 28.8 Å². The van der Waals surface area contributed by atoms with Gasteiger partial charge in [-0.15, -0.1) is 0 Å². The van der Waals surface area contributed by atoms with Gasteiger partial charge in [-0.3, -0.25) is 53.4 Å². The Morgan fingerprint density at radius 3 is 1.70 bits per heavy atom. The Kier molecular flexibility index (Phi) is 32.7. The topological polar surface area (TPSA) is 446 Å². The number of carbonyl (C=O) groups is 10. The average molecular weight is 1800 g/mol. The third-order valence-corrected chi connectivity index (χ3v) is 25.5. The van der Waals surface area contributed by atoms with E-state index in [0.29, 0.717) is 64.4 Å². The molecule has 130 heavy (non-hydrogen) atoms. The van der Waals surface area contributed by atoms with E-state index in [2.05, 4.69) is 62.9 Å². The summed E-state index contributed by atoms with van der Waals surface area (Å²) < 4.78 is 50.7. The SMILES string of the molecule is COc1ccc(C[C@H](NC(=O)[C@H](COC(C)(C)C)NC(=O)[C@H](Cc2c[nH]c3ccccc23)NC(=O)[C@H](Cc2cn(C(c3ccccc3)(c3ccccc3)c3ccccc3)cn2)NC(=O)[C@@H]2CCCN2)C(=O)N[C@H](CC(C)C)C(=O)N[C@@H](CC(C)C)C(=O)N[C@@H](CCCNC(=N)NS(=O)(=O)c2c(C)c(C)c3c(c2C)CC(C)(C)O3)C(=O)N2CC[C@H]2C(=O)NC(C)CC(=O)O)cc1. The molecule has 0 spiro atoms. The van der Waals surface area contributed by atoms with Gasteiger partial charge in [-0.25, -0.2) is 18.1 Å². The van der Waals surface area contributed by atoms with Crippen molar-refractivity contribution in [2.24, 2.45) is 11.8 Å². The number of guanidine groups is 1. The van der Waals surface area contributed by atoms with Crippen LogP contribution in [0.4, 0.5) is 0 Å². The lowest BCUT2D eigenvalue weighted by Gasteiger charge is -2.42. The monoisotopic (exact) mass is 1800 g/mol. The van der Waals surface area contributed by atoms with Crippen LogP contribution in [0.25, 0.3) is 10.9 Å². The molecule has 3 aliphatic rings. The number of carboxylic acid groups (broad SMARTS) is 1. The molecular formula is C97H126N16O16S. The molecule has 6 aromatic carbocycles. The highest BCUT2D eigenvalue weighted by Crippen LogP contribution is 2.45. The first kappa shape index (κ1) is 98.1. The average Bonchev–Trinajstić information content (AvgIpc) is 1.50. The number of methoxy groups -OCH3 is 1. The van der Waals surface area contributed by atoms with Crippen LogP contribution >= 0.6 is 0 Å². The van der Waals surface area contributed by atoms with Crippen molar-refractivity contribution < 1.29 is 75.7 Å². The van der Waals surface area contributed by atoms with Crippen LogP contribution in [0.1, 0.15) is 176 Å². The van der Waals surface area contributed by atoms with Crippen molar-refractivity contribution in [1.29, 1.82) is 5.41 Å². The van der Waals surface area contributed by atoms with Crippen molar-refractivity contribution in [3.8, 4) is 11.5 Å². The smallest absolute Gasteiger partial charge is 0.305 e. The largest absolute Gasteiger partial charge is 0.497 e. The summed E-state index contributed by atoms with van der Waals surface area (Å²) in [5.41, 5.74) is 4.95. The number of para-hydroxylation sites is 1. The van der Waals surface area contributed by atoms with Crippen LogP contribution < -0.4 is 67.4 Å². The number of likely N-dealkylation sites (tertiary alicyclic amines) is 1. The number of nitrogens with zero attached hydrogens (tertiary/aromatic N) is 3. The van der Waals surface area contributed by atoms with Gasteiger partial charge in [0.25, 0.3) is 10.0 Å². The van der Waals surface area contributed by atoms with Crippen molar-refractivity contribution >= 4 is 86.0 Å². The van der Waals surface area contributed by atoms with Crippen molar-refractivity contribution in [1.82, 2.24) is 77.3 Å². The Labute approximate surface area is 760 Å². The molecule has 9 amide bonds. The van der Waals surface area contributed by atoms with Gasteiger partial charge in [-0.1, -0.05) is 149 Å². The van der Waals surface area contributed by atoms with Crippen molar-refractivity contribution in [3.63, 3.8) is 0 Å². The number of nitrogens with one attached hydrogen (secondary N) is 13. The minimum Gasteiger partial charge on any atom is -0.497 e. The van der Waals surface area contributed by atoms with E-state index in [1.54, 1.807) is 78.3 Å². The lowest BCUT2D eigenvalue weighted by molar-refractivity contribution is -0.150. The van der Waals surface area contributed by atoms with Crippen molar-refractivity contribution in [3.05, 3.63) is 214 Å². The maximum Gasteiger partial charge on any atom is 0.305 e. The number of aliphatic carboxylic acids is 1. The van der Waals surface area contributed by atoms with E-state index in [9.17, 15) is 32.7 Å². The first-order valence-electron chi connectivity index (χ1n) is 44.6. The zero-order valence-electron chi connectivity index (χ0n) is 76.6. The minimum absolute atomic E-state index is 0.00166. The lowest BCUT2D eigenvalue weighted by atomic mass is 9.77. The number of fused-ring (bicyclic) bond motifs is 2. The molecule has 14 N–H and O–H groups in total. The van der Waals surface area contributed by atoms with Crippen molar-refractivity contribution in [2.75, 3.05) is 33.4 Å². The number of aromatic amines is 1. The summed E-state index contributed by atoms with van der Waals surface area (Å²) in [4.78, 5) is 157. The molecule has 32 nitrogen and oxygen atoms in total. The van der Waals surface area contributed by atoms with Gasteiger partial charge in [0.05, 0.1) is 48.7 Å². The summed E-state index contributed by atoms with van der Waals surface area (Å²) in [6.45, 7) is 23.1. The molecule has 2 fully saturated rings. The molecule has 2 saturated heterocycles. The molecule has 0 saturated carbocycles. The molecule has 10 atom stereocenters. The molecule has 696 valence electrons. The van der Waals surface area contributed by atoms with Gasteiger partial charge in [0.15, 0.2) is 0 Å². The van der Waals surface area contributed by atoms with Gasteiger partial charge >= 0.3 is 5.97 Å². The number of ether oxygens (including phenoxy) is 3. The highest BCUT2D eigenvalue weighted by atomic mass is 32.2. The summed E-state index contributed by atoms with van der Waals surface area (Å²) in [6.07, 6.45) is 6.20. The Morgan fingerprint density at radius 1 is 0.631 bits per heavy atom. The molecule has 5 heterocycles. The Hall–Kier alpha value is -12.5. The Morgan fingerprint density at radius 2 is 1.16 bits per heavy atom. The number of H-pyrrole nitrogens is 1. The summed E-state index contributed by atoms with van der Waals surface area (Å²) >= 11 is 0. The first-order valence-corrected chi connectivity index (χ1v) is 46.1. The summed E-state index contributed by atoms with van der Waals surface area (Å²) in [6, 6.07) is 31.5. The van der Waals surface area contributed by atoms with Gasteiger partial charge in [-0.2, -0.15) is 0 Å². The number of carboxylic acids is 1. The fourth-order valence-corrected chi connectivity index (χ4v) is 18.7.